The Labute approximate surface area is 203 Å². The number of nitrogens with zero attached hydrogens (tertiary/aromatic N) is 4. The molecule has 1 aromatic heterocycles. The number of carbonyl (C=O) groups is 2. The molecule has 2 aromatic carbocycles. The van der Waals surface area contributed by atoms with E-state index in [2.05, 4.69) is 4.98 Å². The second-order valence-electron chi connectivity index (χ2n) is 8.37. The minimum atomic E-state index is -1.01. The first kappa shape index (κ1) is 23.3. The number of ether oxygens (including phenoxy) is 1. The summed E-state index contributed by atoms with van der Waals surface area (Å²) in [6.07, 6.45) is 4.06. The van der Waals surface area contributed by atoms with E-state index >= 15 is 0 Å². The zero-order chi connectivity index (χ0) is 24.3. The lowest BCUT2D eigenvalue weighted by Crippen LogP contribution is -2.44. The van der Waals surface area contributed by atoms with E-state index in [1.807, 2.05) is 42.5 Å². The fourth-order valence-electron chi connectivity index (χ4n) is 3.87. The predicted molar refractivity (Wildman–Crippen MR) is 130 cm³/mol. The molecule has 0 bridgehead atoms. The van der Waals surface area contributed by atoms with Gasteiger partial charge in [-0.1, -0.05) is 23.7 Å². The topological polar surface area (TPSA) is 86.5 Å². The van der Waals surface area contributed by atoms with Gasteiger partial charge in [0, 0.05) is 18.9 Å². The monoisotopic (exact) mass is 474 g/mol. The molecule has 1 saturated heterocycles. The number of halogens is 1. The van der Waals surface area contributed by atoms with Crippen LogP contribution in [-0.4, -0.2) is 40.5 Å². The van der Waals surface area contributed by atoms with Crippen molar-refractivity contribution in [2.45, 2.75) is 25.8 Å². The fraction of sp³-hybridized carbons (Fsp3) is 0.231. The summed E-state index contributed by atoms with van der Waals surface area (Å²) >= 11 is 6.11. The maximum Gasteiger partial charge on any atom is 0.332 e. The minimum absolute atomic E-state index is 0.195. The molecule has 0 spiro atoms. The van der Waals surface area contributed by atoms with Crippen LogP contribution in [0.15, 0.2) is 67.0 Å². The molecule has 0 radical (unpaired) electrons. The van der Waals surface area contributed by atoms with Gasteiger partial charge in [0.25, 0.3) is 5.91 Å². The van der Waals surface area contributed by atoms with E-state index in [0.29, 0.717) is 25.3 Å². The molecule has 1 aliphatic heterocycles. The summed E-state index contributed by atoms with van der Waals surface area (Å²) in [7, 11) is 0. The Balaban J connectivity index is 1.37. The highest BCUT2D eigenvalue weighted by Crippen LogP contribution is 2.34. The molecule has 0 saturated carbocycles. The first-order chi connectivity index (χ1) is 16.3. The van der Waals surface area contributed by atoms with Gasteiger partial charge < -0.3 is 9.64 Å². The number of pyridine rings is 1. The van der Waals surface area contributed by atoms with Crippen molar-refractivity contribution in [3.63, 3.8) is 0 Å². The van der Waals surface area contributed by atoms with E-state index in [4.69, 9.17) is 21.6 Å². The molecular formula is C26H23ClN4O3. The lowest BCUT2D eigenvalue weighted by atomic mass is 10.0. The Hall–Kier alpha value is -3.89. The largest absolute Gasteiger partial charge is 0.494 e. The van der Waals surface area contributed by atoms with Crippen molar-refractivity contribution in [1.82, 2.24) is 9.88 Å². The van der Waals surface area contributed by atoms with Gasteiger partial charge in [0.1, 0.15) is 17.4 Å². The molecule has 3 aromatic rings. The van der Waals surface area contributed by atoms with Crippen LogP contribution < -0.4 is 9.64 Å². The average Bonchev–Trinajstić information content (AvgIpc) is 3.01. The van der Waals surface area contributed by atoms with Crippen LogP contribution in [0.1, 0.15) is 25.8 Å². The van der Waals surface area contributed by atoms with Crippen LogP contribution in [-0.2, 0) is 4.79 Å². The van der Waals surface area contributed by atoms with Crippen LogP contribution >= 0.6 is 11.6 Å². The molecule has 0 atom stereocenters. The molecule has 8 heteroatoms. The number of benzene rings is 2. The zero-order valence-electron chi connectivity index (χ0n) is 18.9. The second-order valence-corrected chi connectivity index (χ2v) is 8.78. The van der Waals surface area contributed by atoms with Gasteiger partial charge in [-0.2, -0.15) is 5.26 Å². The van der Waals surface area contributed by atoms with E-state index in [9.17, 15) is 9.59 Å². The number of urea groups is 1. The Morgan fingerprint density at radius 2 is 1.71 bits per heavy atom. The molecule has 0 unspecified atom stereocenters. The van der Waals surface area contributed by atoms with Crippen molar-refractivity contribution in [3.05, 3.63) is 77.6 Å². The molecule has 1 fully saturated rings. The smallest absolute Gasteiger partial charge is 0.332 e. The molecular weight excluding hydrogens is 452 g/mol. The molecule has 7 nitrogen and oxygen atoms in total. The van der Waals surface area contributed by atoms with Gasteiger partial charge in [-0.05, 0) is 73.9 Å². The van der Waals surface area contributed by atoms with Gasteiger partial charge in [-0.3, -0.25) is 9.78 Å². The number of nitriles is 1. The van der Waals surface area contributed by atoms with Gasteiger partial charge in [-0.25, -0.2) is 9.69 Å². The Bertz CT molecular complexity index is 1250. The number of rotatable bonds is 7. The van der Waals surface area contributed by atoms with E-state index in [1.165, 1.54) is 17.0 Å². The Morgan fingerprint density at radius 3 is 2.35 bits per heavy atom. The van der Waals surface area contributed by atoms with Gasteiger partial charge in [0.05, 0.1) is 22.9 Å². The third-order valence-corrected chi connectivity index (χ3v) is 6.13. The summed E-state index contributed by atoms with van der Waals surface area (Å²) in [5.74, 6) is 0.389. The summed E-state index contributed by atoms with van der Waals surface area (Å²) in [6.45, 7) is 4.19. The van der Waals surface area contributed by atoms with E-state index in [-0.39, 0.29) is 16.5 Å². The minimum Gasteiger partial charge on any atom is -0.494 e. The van der Waals surface area contributed by atoms with Crippen molar-refractivity contribution in [3.8, 4) is 22.9 Å². The number of carbonyl (C=O) groups excluding carboxylic acids is 2. The van der Waals surface area contributed by atoms with E-state index in [1.54, 1.807) is 32.3 Å². The number of anilines is 1. The lowest BCUT2D eigenvalue weighted by molar-refractivity contribution is -0.123. The van der Waals surface area contributed by atoms with Crippen LogP contribution in [0.3, 0.4) is 0 Å². The standard InChI is InChI=1S/C26H23ClN4O3/c1-26(2)24(32)31(21-7-4-20(17-28)23(27)16-21)25(33)30(26)14-3-15-34-22-8-5-18(6-9-22)19-10-12-29-13-11-19/h4-13,16H,3,14-15H2,1-2H3. The first-order valence-electron chi connectivity index (χ1n) is 10.8. The van der Waals surface area contributed by atoms with Crippen molar-refractivity contribution in [2.24, 2.45) is 0 Å². The highest BCUT2D eigenvalue weighted by Gasteiger charge is 2.51. The number of amides is 3. The second kappa shape index (κ2) is 9.54. The van der Waals surface area contributed by atoms with E-state index in [0.717, 1.165) is 21.8 Å². The van der Waals surface area contributed by atoms with Crippen LogP contribution in [0, 0.1) is 11.3 Å². The SMILES string of the molecule is CC1(C)C(=O)N(c2ccc(C#N)c(Cl)c2)C(=O)N1CCCOc1ccc(-c2ccncc2)cc1. The Morgan fingerprint density at radius 1 is 1.03 bits per heavy atom. The fourth-order valence-corrected chi connectivity index (χ4v) is 4.09. The number of hydrogen-bond donors (Lipinski definition) is 0. The van der Waals surface area contributed by atoms with E-state index < -0.39 is 11.6 Å². The molecule has 0 aliphatic carbocycles. The number of imide groups is 1. The van der Waals surface area contributed by atoms with Crippen LogP contribution in [0.25, 0.3) is 11.1 Å². The highest BCUT2D eigenvalue weighted by atomic mass is 35.5. The van der Waals surface area contributed by atoms with Crippen molar-refractivity contribution >= 4 is 29.2 Å². The average molecular weight is 475 g/mol. The third kappa shape index (κ3) is 4.45. The molecule has 1 aliphatic rings. The first-order valence-corrected chi connectivity index (χ1v) is 11.2. The molecule has 0 N–H and O–H groups in total. The van der Waals surface area contributed by atoms with Crippen molar-refractivity contribution in [1.29, 1.82) is 5.26 Å². The zero-order valence-corrected chi connectivity index (χ0v) is 19.6. The third-order valence-electron chi connectivity index (χ3n) is 5.82. The quantitative estimate of drug-likeness (QED) is 0.343. The summed E-state index contributed by atoms with van der Waals surface area (Å²) < 4.78 is 5.84. The van der Waals surface area contributed by atoms with Crippen LogP contribution in [0.4, 0.5) is 10.5 Å². The molecule has 2 heterocycles. The number of aromatic nitrogens is 1. The molecule has 3 amide bonds. The normalized spacial score (nSPS) is 14.9. The molecule has 34 heavy (non-hydrogen) atoms. The highest BCUT2D eigenvalue weighted by molar-refractivity contribution is 6.32. The lowest BCUT2D eigenvalue weighted by Gasteiger charge is -2.27. The van der Waals surface area contributed by atoms with Crippen molar-refractivity contribution < 1.29 is 14.3 Å². The summed E-state index contributed by atoms with van der Waals surface area (Å²) in [5.41, 5.74) is 1.77. The summed E-state index contributed by atoms with van der Waals surface area (Å²) in [4.78, 5) is 32.8. The van der Waals surface area contributed by atoms with Gasteiger partial charge >= 0.3 is 6.03 Å². The van der Waals surface area contributed by atoms with Crippen LogP contribution in [0.5, 0.6) is 5.75 Å². The molecule has 172 valence electrons. The maximum atomic E-state index is 13.1. The summed E-state index contributed by atoms with van der Waals surface area (Å²) in [6, 6.07) is 17.7. The van der Waals surface area contributed by atoms with Gasteiger partial charge in [0.2, 0.25) is 0 Å². The van der Waals surface area contributed by atoms with Crippen molar-refractivity contribution in [2.75, 3.05) is 18.1 Å². The van der Waals surface area contributed by atoms with Gasteiger partial charge in [-0.15, -0.1) is 0 Å². The van der Waals surface area contributed by atoms with Gasteiger partial charge in [0.15, 0.2) is 0 Å². The van der Waals surface area contributed by atoms with Crippen LogP contribution in [0.2, 0.25) is 5.02 Å². The number of hydrogen-bond acceptors (Lipinski definition) is 5. The molecule has 4 rings (SSSR count). The maximum absolute atomic E-state index is 13.1. The predicted octanol–water partition coefficient (Wildman–Crippen LogP) is 5.29. The Kier molecular flexibility index (Phi) is 6.53. The summed E-state index contributed by atoms with van der Waals surface area (Å²) in [5, 5.41) is 9.26.